The second-order valence-corrected chi connectivity index (χ2v) is 11.6. The Labute approximate surface area is 230 Å². The van der Waals surface area contributed by atoms with Crippen molar-refractivity contribution in [3.63, 3.8) is 0 Å². The Bertz CT molecular complexity index is 1400. The molecule has 2 amide bonds. The number of sulfonamides is 1. The first kappa shape index (κ1) is 28.4. The number of aliphatic hydroxyl groups excluding tert-OH is 1. The van der Waals surface area contributed by atoms with Crippen LogP contribution >= 0.6 is 0 Å². The zero-order chi connectivity index (χ0) is 28.2. The summed E-state index contributed by atoms with van der Waals surface area (Å²) in [6.45, 7) is 3.56. The molecule has 3 aromatic carbocycles. The minimum Gasteiger partial charge on any atom is -0.496 e. The van der Waals surface area contributed by atoms with Gasteiger partial charge in [-0.2, -0.15) is 4.31 Å². The maximum absolute atomic E-state index is 13.8. The molecule has 3 aromatic rings. The number of likely N-dealkylation sites (N-methyl/N-ethyl adjacent to an activating group) is 1. The molecule has 1 aliphatic rings. The van der Waals surface area contributed by atoms with Crippen LogP contribution in [0.2, 0.25) is 0 Å². The van der Waals surface area contributed by atoms with Crippen molar-refractivity contribution in [2.45, 2.75) is 30.9 Å². The van der Waals surface area contributed by atoms with Gasteiger partial charge in [0.05, 0.1) is 20.3 Å². The lowest BCUT2D eigenvalue weighted by Crippen LogP contribution is -2.50. The van der Waals surface area contributed by atoms with Crippen LogP contribution in [0, 0.1) is 5.92 Å². The quantitative estimate of drug-likeness (QED) is 0.452. The number of nitrogens with zero attached hydrogens (tertiary/aromatic N) is 2. The number of fused-ring (bicyclic) bond motifs is 1. The largest absolute Gasteiger partial charge is 0.496 e. The number of methoxy groups -OCH3 is 1. The summed E-state index contributed by atoms with van der Waals surface area (Å²) in [5, 5.41) is 12.7. The molecule has 9 nitrogen and oxygen atoms in total. The minimum absolute atomic E-state index is 0.00902. The number of carbonyl (C=O) groups is 1. The number of hydrogen-bond donors (Lipinski definition) is 2. The summed E-state index contributed by atoms with van der Waals surface area (Å²) in [6.07, 6.45) is -0.535. The van der Waals surface area contributed by atoms with Crippen LogP contribution in [0.3, 0.4) is 0 Å². The molecule has 0 radical (unpaired) electrons. The number of aliphatic hydroxyl groups is 1. The molecule has 0 unspecified atom stereocenters. The lowest BCUT2D eigenvalue weighted by molar-refractivity contribution is 0.0830. The van der Waals surface area contributed by atoms with E-state index in [0.29, 0.717) is 11.4 Å². The van der Waals surface area contributed by atoms with Crippen molar-refractivity contribution < 1.29 is 27.8 Å². The zero-order valence-corrected chi connectivity index (χ0v) is 23.4. The smallest absolute Gasteiger partial charge is 0.321 e. The van der Waals surface area contributed by atoms with Gasteiger partial charge in [-0.1, -0.05) is 49.4 Å². The van der Waals surface area contributed by atoms with Crippen LogP contribution in [0.4, 0.5) is 10.5 Å². The first-order chi connectivity index (χ1) is 18.6. The topological polar surface area (TPSA) is 108 Å². The first-order valence-electron chi connectivity index (χ1n) is 12.8. The number of nitrogens with one attached hydrogen (secondary N) is 1. The van der Waals surface area contributed by atoms with Crippen molar-refractivity contribution in [3.8, 4) is 22.6 Å². The summed E-state index contributed by atoms with van der Waals surface area (Å²) in [7, 11) is -0.737. The van der Waals surface area contributed by atoms with E-state index in [0.717, 1.165) is 11.1 Å². The lowest BCUT2D eigenvalue weighted by atomic mass is 10.0. The summed E-state index contributed by atoms with van der Waals surface area (Å²) < 4.78 is 40.8. The van der Waals surface area contributed by atoms with Gasteiger partial charge in [-0.05, 0) is 42.8 Å². The Morgan fingerprint density at radius 3 is 2.54 bits per heavy atom. The van der Waals surface area contributed by atoms with Crippen LogP contribution in [0.15, 0.2) is 77.7 Å². The van der Waals surface area contributed by atoms with Gasteiger partial charge in [-0.15, -0.1) is 0 Å². The molecule has 1 heterocycles. The molecule has 0 saturated carbocycles. The molecule has 0 aromatic heterocycles. The first-order valence-corrected chi connectivity index (χ1v) is 14.2. The average Bonchev–Trinajstić information content (AvgIpc) is 2.94. The molecular weight excluding hydrogens is 518 g/mol. The van der Waals surface area contributed by atoms with E-state index in [1.807, 2.05) is 49.4 Å². The van der Waals surface area contributed by atoms with Crippen molar-refractivity contribution in [2.75, 3.05) is 39.2 Å². The molecule has 0 spiro atoms. The van der Waals surface area contributed by atoms with E-state index in [4.69, 9.17) is 9.47 Å². The van der Waals surface area contributed by atoms with Gasteiger partial charge in [0.25, 0.3) is 0 Å². The number of anilines is 1. The Hall–Kier alpha value is -3.60. The molecular formula is C29H35N3O6S. The normalized spacial score (nSPS) is 19.5. The fourth-order valence-corrected chi connectivity index (χ4v) is 6.41. The van der Waals surface area contributed by atoms with Gasteiger partial charge in [0.15, 0.2) is 0 Å². The molecule has 0 bridgehead atoms. The SMILES string of the molecule is COc1ccccc1-c1ccc2c(c1)O[C@H](CN(C)C(=O)Nc1ccccc1)[C@@H](C)CN([C@@H](C)CO)S2(=O)=O. The third kappa shape index (κ3) is 6.19. The third-order valence-electron chi connectivity index (χ3n) is 6.91. The molecule has 0 saturated heterocycles. The second kappa shape index (κ2) is 12.1. The highest BCUT2D eigenvalue weighted by Gasteiger charge is 2.38. The summed E-state index contributed by atoms with van der Waals surface area (Å²) >= 11 is 0. The number of para-hydroxylation sites is 2. The van der Waals surface area contributed by atoms with Crippen LogP contribution in [-0.2, 0) is 10.0 Å². The van der Waals surface area contributed by atoms with Crippen LogP contribution < -0.4 is 14.8 Å². The monoisotopic (exact) mass is 553 g/mol. The van der Waals surface area contributed by atoms with Crippen molar-refractivity contribution in [2.24, 2.45) is 5.92 Å². The van der Waals surface area contributed by atoms with Crippen molar-refractivity contribution in [3.05, 3.63) is 72.8 Å². The van der Waals surface area contributed by atoms with E-state index < -0.39 is 22.2 Å². The summed E-state index contributed by atoms with van der Waals surface area (Å²) in [4.78, 5) is 14.5. The van der Waals surface area contributed by atoms with Crippen LogP contribution in [0.25, 0.3) is 11.1 Å². The van der Waals surface area contributed by atoms with Crippen LogP contribution in [0.1, 0.15) is 13.8 Å². The van der Waals surface area contributed by atoms with Gasteiger partial charge in [-0.25, -0.2) is 13.2 Å². The number of benzene rings is 3. The predicted molar refractivity (Wildman–Crippen MR) is 151 cm³/mol. The van der Waals surface area contributed by atoms with Gasteiger partial charge in [0, 0.05) is 36.8 Å². The molecule has 208 valence electrons. The van der Waals surface area contributed by atoms with E-state index >= 15 is 0 Å². The molecule has 4 rings (SSSR count). The standard InChI is InChI=1S/C29H35N3O6S/c1-20-17-32(21(2)19-33)39(35,36)28-15-14-22(24-12-8-9-13-25(24)37-4)16-26(28)38-27(20)18-31(3)29(34)30-23-10-6-5-7-11-23/h5-16,20-21,27,33H,17-19H2,1-4H3,(H,30,34)/t20-,21-,27+/m0/s1. The van der Waals surface area contributed by atoms with Gasteiger partial charge >= 0.3 is 6.03 Å². The Kier molecular flexibility index (Phi) is 8.79. The minimum atomic E-state index is -3.99. The maximum atomic E-state index is 13.8. The van der Waals surface area contributed by atoms with Crippen molar-refractivity contribution in [1.82, 2.24) is 9.21 Å². The molecule has 1 aliphatic heterocycles. The number of rotatable bonds is 7. The van der Waals surface area contributed by atoms with E-state index in [9.17, 15) is 18.3 Å². The molecule has 10 heteroatoms. The van der Waals surface area contributed by atoms with Gasteiger partial charge < -0.3 is 24.8 Å². The van der Waals surface area contributed by atoms with E-state index in [-0.39, 0.29) is 42.3 Å². The molecule has 39 heavy (non-hydrogen) atoms. The Balaban J connectivity index is 1.72. The number of carbonyl (C=O) groups excluding carboxylic acids is 1. The number of ether oxygens (including phenoxy) is 2. The summed E-state index contributed by atoms with van der Waals surface area (Å²) in [5.74, 6) is 0.523. The highest BCUT2D eigenvalue weighted by molar-refractivity contribution is 7.89. The third-order valence-corrected chi connectivity index (χ3v) is 8.93. The molecule has 3 atom stereocenters. The molecule has 0 aliphatic carbocycles. The number of urea groups is 1. The Morgan fingerprint density at radius 1 is 1.15 bits per heavy atom. The van der Waals surface area contributed by atoms with E-state index in [2.05, 4.69) is 5.32 Å². The summed E-state index contributed by atoms with van der Waals surface area (Å²) in [5.41, 5.74) is 2.18. The molecule has 2 N–H and O–H groups in total. The zero-order valence-electron chi connectivity index (χ0n) is 22.6. The molecule has 0 fully saturated rings. The Morgan fingerprint density at radius 2 is 1.85 bits per heavy atom. The van der Waals surface area contributed by atoms with E-state index in [1.54, 1.807) is 45.3 Å². The van der Waals surface area contributed by atoms with Crippen molar-refractivity contribution in [1.29, 1.82) is 0 Å². The number of amides is 2. The highest BCUT2D eigenvalue weighted by atomic mass is 32.2. The van der Waals surface area contributed by atoms with Crippen LogP contribution in [0.5, 0.6) is 11.5 Å². The number of hydrogen-bond acceptors (Lipinski definition) is 6. The fraction of sp³-hybridized carbons (Fsp3) is 0.345. The average molecular weight is 554 g/mol. The van der Waals surface area contributed by atoms with E-state index in [1.165, 1.54) is 15.3 Å². The van der Waals surface area contributed by atoms with Gasteiger partial charge in [-0.3, -0.25) is 0 Å². The maximum Gasteiger partial charge on any atom is 0.321 e. The summed E-state index contributed by atoms with van der Waals surface area (Å²) in [6, 6.07) is 20.6. The van der Waals surface area contributed by atoms with Crippen molar-refractivity contribution >= 4 is 21.7 Å². The van der Waals surface area contributed by atoms with Crippen LogP contribution in [-0.4, -0.2) is 74.8 Å². The lowest BCUT2D eigenvalue weighted by Gasteiger charge is -2.37. The highest BCUT2D eigenvalue weighted by Crippen LogP contribution is 2.38. The second-order valence-electron chi connectivity index (χ2n) is 9.78. The predicted octanol–water partition coefficient (Wildman–Crippen LogP) is 4.29. The fourth-order valence-electron chi connectivity index (χ4n) is 4.59. The van der Waals surface area contributed by atoms with Gasteiger partial charge in [0.1, 0.15) is 22.5 Å². The van der Waals surface area contributed by atoms with Gasteiger partial charge in [0.2, 0.25) is 10.0 Å².